The standard InChI is InChI=1S/C11H9BrN2O2S/c12-7-3-8(17-6-7)4-14-11(16)9-1-2-13-5-10(9)15/h1-3,5-6,15H,4H2,(H,14,16). The number of halogens is 1. The highest BCUT2D eigenvalue weighted by molar-refractivity contribution is 9.10. The van der Waals surface area contributed by atoms with Gasteiger partial charge in [-0.15, -0.1) is 11.3 Å². The highest BCUT2D eigenvalue weighted by Crippen LogP contribution is 2.20. The van der Waals surface area contributed by atoms with Crippen molar-refractivity contribution >= 4 is 33.2 Å². The number of aromatic hydroxyl groups is 1. The van der Waals surface area contributed by atoms with E-state index in [0.29, 0.717) is 6.54 Å². The summed E-state index contributed by atoms with van der Waals surface area (Å²) in [5.74, 6) is -0.424. The van der Waals surface area contributed by atoms with Crippen molar-refractivity contribution in [1.82, 2.24) is 10.3 Å². The lowest BCUT2D eigenvalue weighted by molar-refractivity contribution is 0.0948. The monoisotopic (exact) mass is 312 g/mol. The van der Waals surface area contributed by atoms with Gasteiger partial charge in [-0.25, -0.2) is 0 Å². The molecule has 2 heterocycles. The average molecular weight is 313 g/mol. The van der Waals surface area contributed by atoms with Crippen LogP contribution in [-0.2, 0) is 6.54 Å². The maximum atomic E-state index is 11.7. The second-order valence-corrected chi connectivity index (χ2v) is 5.22. The Morgan fingerprint density at radius 2 is 2.41 bits per heavy atom. The van der Waals surface area contributed by atoms with E-state index in [9.17, 15) is 9.90 Å². The Hall–Kier alpha value is -1.40. The third-order valence-electron chi connectivity index (χ3n) is 2.09. The number of rotatable bonds is 3. The number of pyridine rings is 1. The Balaban J connectivity index is 2.01. The number of amides is 1. The van der Waals surface area contributed by atoms with Crippen LogP contribution in [0.15, 0.2) is 34.4 Å². The summed E-state index contributed by atoms with van der Waals surface area (Å²) >= 11 is 4.90. The first-order chi connectivity index (χ1) is 8.16. The van der Waals surface area contributed by atoms with Crippen molar-refractivity contribution in [2.75, 3.05) is 0 Å². The predicted molar refractivity (Wildman–Crippen MR) is 69.1 cm³/mol. The minimum Gasteiger partial charge on any atom is -0.505 e. The molecule has 0 atom stereocenters. The molecule has 0 bridgehead atoms. The second kappa shape index (κ2) is 5.29. The van der Waals surface area contributed by atoms with E-state index in [1.165, 1.54) is 18.5 Å². The largest absolute Gasteiger partial charge is 0.505 e. The molecule has 0 saturated carbocycles. The zero-order chi connectivity index (χ0) is 12.3. The summed E-state index contributed by atoms with van der Waals surface area (Å²) in [4.78, 5) is 16.5. The molecule has 0 aromatic carbocycles. The predicted octanol–water partition coefficient (Wildman–Crippen LogP) is 2.54. The molecule has 0 unspecified atom stereocenters. The molecule has 0 radical (unpaired) electrons. The maximum absolute atomic E-state index is 11.7. The van der Waals surface area contributed by atoms with E-state index in [4.69, 9.17) is 0 Å². The number of hydrogen-bond donors (Lipinski definition) is 2. The number of carbonyl (C=O) groups is 1. The van der Waals surface area contributed by atoms with Crippen LogP contribution in [0, 0.1) is 0 Å². The van der Waals surface area contributed by atoms with E-state index < -0.39 is 0 Å². The van der Waals surface area contributed by atoms with Gasteiger partial charge in [0.05, 0.1) is 18.3 Å². The van der Waals surface area contributed by atoms with Crippen LogP contribution in [0.5, 0.6) is 5.75 Å². The Morgan fingerprint density at radius 1 is 1.59 bits per heavy atom. The van der Waals surface area contributed by atoms with Crippen molar-refractivity contribution < 1.29 is 9.90 Å². The molecule has 2 aromatic rings. The lowest BCUT2D eigenvalue weighted by atomic mass is 10.2. The summed E-state index contributed by atoms with van der Waals surface area (Å²) in [5.41, 5.74) is 0.232. The summed E-state index contributed by atoms with van der Waals surface area (Å²) < 4.78 is 0.999. The van der Waals surface area contributed by atoms with Gasteiger partial charge < -0.3 is 10.4 Å². The summed E-state index contributed by atoms with van der Waals surface area (Å²) in [7, 11) is 0. The first-order valence-electron chi connectivity index (χ1n) is 4.81. The van der Waals surface area contributed by atoms with E-state index in [1.807, 2.05) is 11.4 Å². The number of carbonyl (C=O) groups excluding carboxylic acids is 1. The summed E-state index contributed by atoms with van der Waals surface area (Å²) in [5, 5.41) is 14.1. The number of thiophene rings is 1. The van der Waals surface area contributed by atoms with Gasteiger partial charge in [0.15, 0.2) is 0 Å². The Morgan fingerprint density at radius 3 is 3.06 bits per heavy atom. The normalized spacial score (nSPS) is 10.2. The number of hydrogen-bond acceptors (Lipinski definition) is 4. The third kappa shape index (κ3) is 3.04. The number of aromatic nitrogens is 1. The van der Waals surface area contributed by atoms with Crippen molar-refractivity contribution in [3.8, 4) is 5.75 Å². The van der Waals surface area contributed by atoms with Crippen LogP contribution in [0.1, 0.15) is 15.2 Å². The summed E-state index contributed by atoms with van der Waals surface area (Å²) in [6.45, 7) is 0.441. The molecule has 0 aliphatic rings. The van der Waals surface area contributed by atoms with Crippen LogP contribution in [-0.4, -0.2) is 16.0 Å². The molecule has 0 aliphatic heterocycles. The van der Waals surface area contributed by atoms with Gasteiger partial charge in [0, 0.05) is 20.9 Å². The van der Waals surface area contributed by atoms with Crippen molar-refractivity contribution in [1.29, 1.82) is 0 Å². The lowest BCUT2D eigenvalue weighted by Gasteiger charge is -2.04. The third-order valence-corrected chi connectivity index (χ3v) is 3.79. The van der Waals surface area contributed by atoms with Crippen LogP contribution in [0.3, 0.4) is 0 Å². The summed E-state index contributed by atoms with van der Waals surface area (Å²) in [6.07, 6.45) is 2.72. The maximum Gasteiger partial charge on any atom is 0.255 e. The Labute approximate surface area is 110 Å². The molecule has 0 aliphatic carbocycles. The van der Waals surface area contributed by atoms with Crippen LogP contribution in [0.25, 0.3) is 0 Å². The zero-order valence-corrected chi connectivity index (χ0v) is 11.1. The molecular weight excluding hydrogens is 304 g/mol. The minimum atomic E-state index is -0.311. The molecule has 2 aromatic heterocycles. The molecule has 2 rings (SSSR count). The fraction of sp³-hybridized carbons (Fsp3) is 0.0909. The SMILES string of the molecule is O=C(NCc1cc(Br)cs1)c1ccncc1O. The van der Waals surface area contributed by atoms with Gasteiger partial charge in [0.2, 0.25) is 0 Å². The van der Waals surface area contributed by atoms with Crippen molar-refractivity contribution in [3.05, 3.63) is 44.8 Å². The minimum absolute atomic E-state index is 0.114. The molecule has 1 amide bonds. The van der Waals surface area contributed by atoms with Crippen LogP contribution in [0.4, 0.5) is 0 Å². The topological polar surface area (TPSA) is 62.2 Å². The van der Waals surface area contributed by atoms with Gasteiger partial charge >= 0.3 is 0 Å². The quantitative estimate of drug-likeness (QED) is 0.915. The van der Waals surface area contributed by atoms with E-state index in [0.717, 1.165) is 9.35 Å². The highest BCUT2D eigenvalue weighted by atomic mass is 79.9. The molecular formula is C11H9BrN2O2S. The fourth-order valence-corrected chi connectivity index (χ4v) is 2.68. The number of nitrogens with one attached hydrogen (secondary N) is 1. The molecule has 4 nitrogen and oxygen atoms in total. The molecule has 0 saturated heterocycles. The van der Waals surface area contributed by atoms with Crippen LogP contribution < -0.4 is 5.32 Å². The van der Waals surface area contributed by atoms with Crippen molar-refractivity contribution in [3.63, 3.8) is 0 Å². The molecule has 0 fully saturated rings. The first-order valence-corrected chi connectivity index (χ1v) is 6.48. The second-order valence-electron chi connectivity index (χ2n) is 3.31. The van der Waals surface area contributed by atoms with Crippen LogP contribution >= 0.6 is 27.3 Å². The molecule has 17 heavy (non-hydrogen) atoms. The first kappa shape index (κ1) is 12.1. The summed E-state index contributed by atoms with van der Waals surface area (Å²) in [6, 6.07) is 3.42. The van der Waals surface area contributed by atoms with E-state index in [-0.39, 0.29) is 17.2 Å². The van der Waals surface area contributed by atoms with Gasteiger partial charge in [0.25, 0.3) is 5.91 Å². The molecule has 0 spiro atoms. The molecule has 6 heteroatoms. The van der Waals surface area contributed by atoms with E-state index >= 15 is 0 Å². The average Bonchev–Trinajstić information content (AvgIpc) is 2.73. The number of nitrogens with zero attached hydrogens (tertiary/aromatic N) is 1. The van der Waals surface area contributed by atoms with Gasteiger partial charge in [-0.05, 0) is 28.1 Å². The smallest absolute Gasteiger partial charge is 0.255 e. The Bertz CT molecular complexity index is 542. The molecule has 88 valence electrons. The van der Waals surface area contributed by atoms with Crippen molar-refractivity contribution in [2.45, 2.75) is 6.54 Å². The van der Waals surface area contributed by atoms with Gasteiger partial charge in [-0.1, -0.05) is 0 Å². The Kier molecular flexibility index (Phi) is 3.75. The van der Waals surface area contributed by atoms with Gasteiger partial charge in [-0.2, -0.15) is 0 Å². The van der Waals surface area contributed by atoms with Gasteiger partial charge in [-0.3, -0.25) is 9.78 Å². The van der Waals surface area contributed by atoms with Crippen molar-refractivity contribution in [2.24, 2.45) is 0 Å². The van der Waals surface area contributed by atoms with E-state index in [1.54, 1.807) is 11.3 Å². The van der Waals surface area contributed by atoms with E-state index in [2.05, 4.69) is 26.2 Å². The lowest BCUT2D eigenvalue weighted by Crippen LogP contribution is -2.22. The fourth-order valence-electron chi connectivity index (χ4n) is 1.29. The van der Waals surface area contributed by atoms with Gasteiger partial charge in [0.1, 0.15) is 5.75 Å². The highest BCUT2D eigenvalue weighted by Gasteiger charge is 2.10. The van der Waals surface area contributed by atoms with Crippen LogP contribution in [0.2, 0.25) is 0 Å². The molecule has 2 N–H and O–H groups in total. The zero-order valence-electron chi connectivity index (χ0n) is 8.68.